The summed E-state index contributed by atoms with van der Waals surface area (Å²) in [5.74, 6) is -0.477. The molecule has 6 rings (SSSR count). The lowest BCUT2D eigenvalue weighted by molar-refractivity contribution is -0.138. The normalized spacial score (nSPS) is 16.9. The van der Waals surface area contributed by atoms with Crippen LogP contribution in [0.2, 0.25) is 0 Å². The smallest absolute Gasteiger partial charge is 0.340 e. The second kappa shape index (κ2) is 11.7. The third-order valence-electron chi connectivity index (χ3n) is 8.19. The fraction of sp³-hybridized carbons (Fsp3) is 0.355. The Labute approximate surface area is 248 Å². The van der Waals surface area contributed by atoms with Crippen molar-refractivity contribution in [2.45, 2.75) is 44.1 Å². The summed E-state index contributed by atoms with van der Waals surface area (Å²) in [7, 11) is 0. The summed E-state index contributed by atoms with van der Waals surface area (Å²) in [5.41, 5.74) is -1.47. The molecule has 1 saturated carbocycles. The largest absolute Gasteiger partial charge is 0.418 e. The van der Waals surface area contributed by atoms with E-state index in [1.54, 1.807) is 4.90 Å². The molecule has 2 aromatic carbocycles. The number of hydrogen-bond acceptors (Lipinski definition) is 6. The van der Waals surface area contributed by atoms with Crippen LogP contribution in [-0.4, -0.2) is 62.9 Å². The molecule has 0 bridgehead atoms. The van der Waals surface area contributed by atoms with Crippen LogP contribution in [0, 0.1) is 0 Å². The monoisotopic (exact) mass is 614 g/mol. The fourth-order valence-electron chi connectivity index (χ4n) is 5.91. The van der Waals surface area contributed by atoms with E-state index in [1.165, 1.54) is 55.4 Å². The van der Waals surface area contributed by atoms with Crippen molar-refractivity contribution in [3.05, 3.63) is 77.7 Å². The third kappa shape index (κ3) is 6.19. The van der Waals surface area contributed by atoms with Crippen molar-refractivity contribution in [3.63, 3.8) is 0 Å². The molecular formula is C31H28F6N6O. The molecule has 13 heteroatoms. The maximum absolute atomic E-state index is 13.8. The number of nitrogens with zero attached hydrogens (tertiary/aromatic N) is 5. The molecule has 1 amide bonds. The highest BCUT2D eigenvalue weighted by Gasteiger charge is 2.35. The Morgan fingerprint density at radius 1 is 0.841 bits per heavy atom. The molecule has 44 heavy (non-hydrogen) atoms. The molecule has 0 atom stereocenters. The van der Waals surface area contributed by atoms with Crippen molar-refractivity contribution in [2.24, 2.45) is 0 Å². The van der Waals surface area contributed by atoms with E-state index < -0.39 is 29.4 Å². The number of halogens is 6. The highest BCUT2D eigenvalue weighted by atomic mass is 19.4. The van der Waals surface area contributed by atoms with Crippen molar-refractivity contribution in [2.75, 3.05) is 31.5 Å². The summed E-state index contributed by atoms with van der Waals surface area (Å²) in [4.78, 5) is 30.6. The Morgan fingerprint density at radius 3 is 2.20 bits per heavy atom. The summed E-state index contributed by atoms with van der Waals surface area (Å²) in [6, 6.07) is 11.3. The molecule has 0 spiro atoms. The average Bonchev–Trinajstić information content (AvgIpc) is 3.55. The van der Waals surface area contributed by atoms with Gasteiger partial charge in [-0.2, -0.15) is 26.3 Å². The van der Waals surface area contributed by atoms with Gasteiger partial charge in [-0.1, -0.05) is 18.9 Å². The number of alkyl halides is 6. The van der Waals surface area contributed by atoms with E-state index in [4.69, 9.17) is 0 Å². The number of anilines is 2. The van der Waals surface area contributed by atoms with Crippen LogP contribution in [0.5, 0.6) is 0 Å². The van der Waals surface area contributed by atoms with Crippen molar-refractivity contribution in [3.8, 4) is 11.3 Å². The standard InChI is InChI=1S/C31H28F6N6O/c32-30(33,34)20-8-10-21(11-9-20)39-27-23-12-7-19(26-24(31(35,36)37)6-3-13-38-26)18-25(23)40-28(41-27)29(44)43-16-14-42(15-17-43)22-4-1-2-5-22/h3,6-13,18,22H,1-2,4-5,14-17H2,(H,39,40,41). The van der Waals surface area contributed by atoms with Crippen LogP contribution in [0.25, 0.3) is 22.2 Å². The first-order chi connectivity index (χ1) is 21.0. The summed E-state index contributed by atoms with van der Waals surface area (Å²) in [5, 5.41) is 3.33. The predicted octanol–water partition coefficient (Wildman–Crippen LogP) is 7.17. The summed E-state index contributed by atoms with van der Waals surface area (Å²) < 4.78 is 80.6. The molecule has 1 aliphatic carbocycles. The molecule has 4 aromatic rings. The first-order valence-electron chi connectivity index (χ1n) is 14.3. The van der Waals surface area contributed by atoms with Gasteiger partial charge in [-0.25, -0.2) is 9.97 Å². The first-order valence-corrected chi connectivity index (χ1v) is 14.3. The second-order valence-electron chi connectivity index (χ2n) is 11.0. The highest BCUT2D eigenvalue weighted by Crippen LogP contribution is 2.37. The molecule has 1 aliphatic heterocycles. The van der Waals surface area contributed by atoms with E-state index >= 15 is 0 Å². The van der Waals surface area contributed by atoms with Gasteiger partial charge in [0.2, 0.25) is 5.82 Å². The van der Waals surface area contributed by atoms with Crippen LogP contribution < -0.4 is 5.32 Å². The van der Waals surface area contributed by atoms with Gasteiger partial charge in [0.1, 0.15) is 5.82 Å². The van der Waals surface area contributed by atoms with Crippen LogP contribution in [0.4, 0.5) is 37.8 Å². The number of amides is 1. The van der Waals surface area contributed by atoms with Crippen LogP contribution in [-0.2, 0) is 12.4 Å². The molecule has 2 aromatic heterocycles. The second-order valence-corrected chi connectivity index (χ2v) is 11.0. The number of piperazine rings is 1. The molecule has 1 N–H and O–H groups in total. The van der Waals surface area contributed by atoms with Crippen molar-refractivity contribution < 1.29 is 31.1 Å². The Kier molecular flexibility index (Phi) is 7.91. The van der Waals surface area contributed by atoms with Crippen LogP contribution in [0.1, 0.15) is 47.4 Å². The van der Waals surface area contributed by atoms with Crippen LogP contribution in [0.3, 0.4) is 0 Å². The zero-order chi connectivity index (χ0) is 31.1. The van der Waals surface area contributed by atoms with Crippen LogP contribution >= 0.6 is 0 Å². The summed E-state index contributed by atoms with van der Waals surface area (Å²) in [6.07, 6.45) is -3.21. The number of nitrogens with one attached hydrogen (secondary N) is 1. The molecule has 230 valence electrons. The minimum atomic E-state index is -4.65. The van der Waals surface area contributed by atoms with Gasteiger partial charge in [-0.3, -0.25) is 14.7 Å². The average molecular weight is 615 g/mol. The predicted molar refractivity (Wildman–Crippen MR) is 152 cm³/mol. The molecule has 3 heterocycles. The Morgan fingerprint density at radius 2 is 1.55 bits per heavy atom. The van der Waals surface area contributed by atoms with E-state index in [0.717, 1.165) is 31.0 Å². The lowest BCUT2D eigenvalue weighted by atomic mass is 10.0. The Bertz CT molecular complexity index is 1660. The first kappa shape index (κ1) is 29.8. The molecule has 0 radical (unpaired) electrons. The lowest BCUT2D eigenvalue weighted by Gasteiger charge is -2.37. The van der Waals surface area contributed by atoms with E-state index in [9.17, 15) is 31.1 Å². The highest BCUT2D eigenvalue weighted by molar-refractivity contribution is 5.98. The molecule has 7 nitrogen and oxygen atoms in total. The molecule has 1 saturated heterocycles. The summed E-state index contributed by atoms with van der Waals surface area (Å²) >= 11 is 0. The van der Waals surface area contributed by atoms with E-state index in [2.05, 4.69) is 25.2 Å². The van der Waals surface area contributed by atoms with E-state index in [0.29, 0.717) is 37.6 Å². The number of hydrogen-bond donors (Lipinski definition) is 1. The third-order valence-corrected chi connectivity index (χ3v) is 8.19. The number of fused-ring (bicyclic) bond motifs is 1. The van der Waals surface area contributed by atoms with Gasteiger partial charge in [0.15, 0.2) is 0 Å². The molecule has 2 aliphatic rings. The van der Waals surface area contributed by atoms with E-state index in [1.807, 2.05) is 0 Å². The SMILES string of the molecule is O=C(c1nc(Nc2ccc(C(F)(F)F)cc2)c2ccc(-c3ncccc3C(F)(F)F)cc2n1)N1CCN(C2CCCC2)CC1. The number of carbonyl (C=O) groups is 1. The number of carbonyl (C=O) groups excluding carboxylic acids is 1. The summed E-state index contributed by atoms with van der Waals surface area (Å²) in [6.45, 7) is 2.37. The number of aromatic nitrogens is 3. The van der Waals surface area contributed by atoms with Gasteiger partial charge in [-0.15, -0.1) is 0 Å². The van der Waals surface area contributed by atoms with Crippen molar-refractivity contribution in [1.82, 2.24) is 24.8 Å². The minimum Gasteiger partial charge on any atom is -0.340 e. The van der Waals surface area contributed by atoms with Gasteiger partial charge in [-0.05, 0) is 61.4 Å². The van der Waals surface area contributed by atoms with Gasteiger partial charge in [0.25, 0.3) is 5.91 Å². The number of rotatable bonds is 5. The minimum absolute atomic E-state index is 0.131. The molecule has 0 unspecified atom stereocenters. The number of benzene rings is 2. The van der Waals surface area contributed by atoms with Crippen LogP contribution in [0.15, 0.2) is 60.8 Å². The fourth-order valence-corrected chi connectivity index (χ4v) is 5.91. The Hall–Kier alpha value is -4.26. The zero-order valence-electron chi connectivity index (χ0n) is 23.4. The maximum Gasteiger partial charge on any atom is 0.418 e. The van der Waals surface area contributed by atoms with Gasteiger partial charge < -0.3 is 10.2 Å². The zero-order valence-corrected chi connectivity index (χ0v) is 23.4. The van der Waals surface area contributed by atoms with Crippen molar-refractivity contribution in [1.29, 1.82) is 0 Å². The topological polar surface area (TPSA) is 74.2 Å². The van der Waals surface area contributed by atoms with Gasteiger partial charge in [0.05, 0.1) is 22.3 Å². The Balaban J connectivity index is 1.36. The number of pyridine rings is 1. The van der Waals surface area contributed by atoms with E-state index in [-0.39, 0.29) is 34.1 Å². The quantitative estimate of drug-likeness (QED) is 0.240. The van der Waals surface area contributed by atoms with Crippen molar-refractivity contribution >= 4 is 28.3 Å². The lowest BCUT2D eigenvalue weighted by Crippen LogP contribution is -2.51. The molecule has 2 fully saturated rings. The maximum atomic E-state index is 13.8. The van der Waals surface area contributed by atoms with Gasteiger partial charge in [0, 0.05) is 55.1 Å². The molecular weight excluding hydrogens is 586 g/mol. The van der Waals surface area contributed by atoms with Gasteiger partial charge >= 0.3 is 12.4 Å².